The van der Waals surface area contributed by atoms with E-state index in [-0.39, 0.29) is 5.91 Å². The van der Waals surface area contributed by atoms with Crippen molar-refractivity contribution in [2.24, 2.45) is 0 Å². The molecule has 0 radical (unpaired) electrons. The molecule has 0 aliphatic carbocycles. The highest BCUT2D eigenvalue weighted by Crippen LogP contribution is 2.26. The molecule has 2 rings (SSSR count). The molecule has 0 unspecified atom stereocenters. The molecule has 1 aromatic carbocycles. The van der Waals surface area contributed by atoms with Gasteiger partial charge in [0.2, 0.25) is 0 Å². The largest absolute Gasteiger partial charge is 0.337 e. The van der Waals surface area contributed by atoms with E-state index in [1.165, 1.54) is 0 Å². The molecule has 18 heavy (non-hydrogen) atoms. The molecule has 1 N–H and O–H groups in total. The molecule has 0 aliphatic heterocycles. The summed E-state index contributed by atoms with van der Waals surface area (Å²) in [6.07, 6.45) is 3.44. The molecule has 0 saturated carbocycles. The number of aromatic amines is 1. The predicted octanol–water partition coefficient (Wildman–Crippen LogP) is 3.10. The number of hydrogen-bond acceptors (Lipinski definition) is 2. The smallest absolute Gasteiger partial charge is 0.255 e. The topological polar surface area (TPSA) is 49.0 Å². The quantitative estimate of drug-likeness (QED) is 0.941. The SMILES string of the molecule is CN(Cc1cn[nH]c1)C(=O)c1cccc(Br)c1Cl. The van der Waals surface area contributed by atoms with Crippen LogP contribution in [-0.4, -0.2) is 28.1 Å². The average Bonchev–Trinajstić information content (AvgIpc) is 2.84. The minimum absolute atomic E-state index is 0.123. The molecule has 0 aliphatic rings. The molecule has 94 valence electrons. The fourth-order valence-electron chi connectivity index (χ4n) is 1.58. The lowest BCUT2D eigenvalue weighted by atomic mass is 10.2. The first-order valence-electron chi connectivity index (χ1n) is 5.26. The van der Waals surface area contributed by atoms with Gasteiger partial charge in [0.25, 0.3) is 5.91 Å². The van der Waals surface area contributed by atoms with Gasteiger partial charge in [-0.1, -0.05) is 17.7 Å². The van der Waals surface area contributed by atoms with Crippen LogP contribution in [0.25, 0.3) is 0 Å². The zero-order valence-electron chi connectivity index (χ0n) is 9.65. The van der Waals surface area contributed by atoms with Gasteiger partial charge < -0.3 is 4.90 Å². The second-order valence-electron chi connectivity index (χ2n) is 3.87. The van der Waals surface area contributed by atoms with Gasteiger partial charge >= 0.3 is 0 Å². The standard InChI is InChI=1S/C12H11BrClN3O/c1-17(7-8-5-15-16-6-8)12(18)9-3-2-4-10(13)11(9)14/h2-6H,7H2,1H3,(H,15,16). The molecule has 0 atom stereocenters. The molecule has 1 amide bonds. The van der Waals surface area contributed by atoms with Crippen LogP contribution < -0.4 is 0 Å². The first kappa shape index (κ1) is 13.1. The molecule has 6 heteroatoms. The third-order valence-corrected chi connectivity index (χ3v) is 3.80. The lowest BCUT2D eigenvalue weighted by Gasteiger charge is -2.17. The lowest BCUT2D eigenvalue weighted by molar-refractivity contribution is 0.0785. The first-order valence-corrected chi connectivity index (χ1v) is 6.44. The fourth-order valence-corrected chi connectivity index (χ4v) is 2.16. The fraction of sp³-hybridized carbons (Fsp3) is 0.167. The Hall–Kier alpha value is -1.33. The van der Waals surface area contributed by atoms with Crippen molar-refractivity contribution in [1.82, 2.24) is 15.1 Å². The van der Waals surface area contributed by atoms with E-state index in [0.717, 1.165) is 5.56 Å². The Morgan fingerprint density at radius 2 is 2.33 bits per heavy atom. The normalized spacial score (nSPS) is 10.4. The van der Waals surface area contributed by atoms with E-state index in [0.29, 0.717) is 21.6 Å². The number of rotatable bonds is 3. The Morgan fingerprint density at radius 1 is 1.56 bits per heavy atom. The van der Waals surface area contributed by atoms with Crippen LogP contribution in [0.4, 0.5) is 0 Å². The molecule has 4 nitrogen and oxygen atoms in total. The number of nitrogens with one attached hydrogen (secondary N) is 1. The molecule has 0 fully saturated rings. The number of carbonyl (C=O) groups is 1. The summed E-state index contributed by atoms with van der Waals surface area (Å²) >= 11 is 9.41. The summed E-state index contributed by atoms with van der Waals surface area (Å²) in [6.45, 7) is 0.484. The van der Waals surface area contributed by atoms with Crippen molar-refractivity contribution in [2.75, 3.05) is 7.05 Å². The number of aromatic nitrogens is 2. The van der Waals surface area contributed by atoms with E-state index >= 15 is 0 Å². The van der Waals surface area contributed by atoms with Crippen LogP contribution >= 0.6 is 27.5 Å². The number of H-pyrrole nitrogens is 1. The van der Waals surface area contributed by atoms with Crippen molar-refractivity contribution in [1.29, 1.82) is 0 Å². The van der Waals surface area contributed by atoms with Gasteiger partial charge in [-0.05, 0) is 28.1 Å². The van der Waals surface area contributed by atoms with Gasteiger partial charge in [0.15, 0.2) is 0 Å². The van der Waals surface area contributed by atoms with Gasteiger partial charge in [-0.3, -0.25) is 9.89 Å². The highest BCUT2D eigenvalue weighted by molar-refractivity contribution is 9.10. The zero-order valence-corrected chi connectivity index (χ0v) is 12.0. The van der Waals surface area contributed by atoms with Gasteiger partial charge in [-0.15, -0.1) is 0 Å². The van der Waals surface area contributed by atoms with Gasteiger partial charge in [0.05, 0.1) is 16.8 Å². The van der Waals surface area contributed by atoms with Gasteiger partial charge in [0.1, 0.15) is 0 Å². The predicted molar refractivity (Wildman–Crippen MR) is 73.5 cm³/mol. The highest BCUT2D eigenvalue weighted by atomic mass is 79.9. The van der Waals surface area contributed by atoms with E-state index in [1.807, 2.05) is 0 Å². The molecular formula is C12H11BrClN3O. The average molecular weight is 329 g/mol. The van der Waals surface area contributed by atoms with Crippen molar-refractivity contribution in [3.63, 3.8) is 0 Å². The minimum atomic E-state index is -0.123. The van der Waals surface area contributed by atoms with E-state index in [1.54, 1.807) is 42.5 Å². The number of amides is 1. The van der Waals surface area contributed by atoms with Crippen LogP contribution in [0.15, 0.2) is 35.1 Å². The maximum Gasteiger partial charge on any atom is 0.255 e. The maximum atomic E-state index is 12.2. The first-order chi connectivity index (χ1) is 8.59. The summed E-state index contributed by atoms with van der Waals surface area (Å²) in [4.78, 5) is 13.8. The monoisotopic (exact) mass is 327 g/mol. The summed E-state index contributed by atoms with van der Waals surface area (Å²) in [5.74, 6) is -0.123. The van der Waals surface area contributed by atoms with Crippen LogP contribution in [0.2, 0.25) is 5.02 Å². The number of benzene rings is 1. The Morgan fingerprint density at radius 3 is 3.00 bits per heavy atom. The van der Waals surface area contributed by atoms with Crippen LogP contribution in [0.1, 0.15) is 15.9 Å². The number of nitrogens with zero attached hydrogens (tertiary/aromatic N) is 2. The zero-order chi connectivity index (χ0) is 13.1. The molecule has 0 spiro atoms. The van der Waals surface area contributed by atoms with Crippen LogP contribution in [0.5, 0.6) is 0 Å². The molecule has 2 aromatic rings. The third kappa shape index (κ3) is 2.73. The summed E-state index contributed by atoms with van der Waals surface area (Å²) in [6, 6.07) is 5.30. The number of hydrogen-bond donors (Lipinski definition) is 1. The second kappa shape index (κ2) is 5.54. The van der Waals surface area contributed by atoms with Gasteiger partial charge in [-0.25, -0.2) is 0 Å². The number of halogens is 2. The van der Waals surface area contributed by atoms with E-state index in [2.05, 4.69) is 26.1 Å². The van der Waals surface area contributed by atoms with E-state index < -0.39 is 0 Å². The molecular weight excluding hydrogens is 318 g/mol. The van der Waals surface area contributed by atoms with Crippen LogP contribution in [0.3, 0.4) is 0 Å². The van der Waals surface area contributed by atoms with Crippen molar-refractivity contribution in [3.8, 4) is 0 Å². The lowest BCUT2D eigenvalue weighted by Crippen LogP contribution is -2.26. The highest BCUT2D eigenvalue weighted by Gasteiger charge is 2.16. The van der Waals surface area contributed by atoms with Crippen molar-refractivity contribution in [3.05, 3.63) is 51.2 Å². The summed E-state index contributed by atoms with van der Waals surface area (Å²) < 4.78 is 0.715. The Balaban J connectivity index is 2.18. The Kier molecular flexibility index (Phi) is 4.04. The maximum absolute atomic E-state index is 12.2. The van der Waals surface area contributed by atoms with Gasteiger partial charge in [-0.2, -0.15) is 5.10 Å². The summed E-state index contributed by atoms with van der Waals surface area (Å²) in [5.41, 5.74) is 1.43. The Labute approximate surface area is 118 Å². The minimum Gasteiger partial charge on any atom is -0.337 e. The van der Waals surface area contributed by atoms with Crippen molar-refractivity contribution in [2.45, 2.75) is 6.54 Å². The van der Waals surface area contributed by atoms with E-state index in [4.69, 9.17) is 11.6 Å². The summed E-state index contributed by atoms with van der Waals surface area (Å²) in [7, 11) is 1.73. The molecule has 1 aromatic heterocycles. The molecule has 0 bridgehead atoms. The van der Waals surface area contributed by atoms with Crippen LogP contribution in [0, 0.1) is 0 Å². The van der Waals surface area contributed by atoms with Crippen molar-refractivity contribution < 1.29 is 4.79 Å². The van der Waals surface area contributed by atoms with Crippen LogP contribution in [-0.2, 0) is 6.54 Å². The van der Waals surface area contributed by atoms with Gasteiger partial charge in [0, 0.05) is 29.8 Å². The molecule has 0 saturated heterocycles. The Bertz CT molecular complexity index is 556. The molecule has 1 heterocycles. The third-order valence-electron chi connectivity index (χ3n) is 2.50. The van der Waals surface area contributed by atoms with Crippen molar-refractivity contribution >= 4 is 33.4 Å². The van der Waals surface area contributed by atoms with E-state index in [9.17, 15) is 4.79 Å². The second-order valence-corrected chi connectivity index (χ2v) is 5.10. The summed E-state index contributed by atoms with van der Waals surface area (Å²) in [5, 5.41) is 6.99. The number of carbonyl (C=O) groups excluding carboxylic acids is 1.